The fraction of sp³-hybridized carbons (Fsp3) is 0.250. The highest BCUT2D eigenvalue weighted by Gasteiger charge is 2.30. The summed E-state index contributed by atoms with van der Waals surface area (Å²) in [6, 6.07) is 18.6. The van der Waals surface area contributed by atoms with Gasteiger partial charge in [0.05, 0.1) is 17.3 Å². The maximum absolute atomic E-state index is 12.8. The van der Waals surface area contributed by atoms with Crippen molar-refractivity contribution in [1.29, 1.82) is 0 Å². The minimum Gasteiger partial charge on any atom is -0.358 e. The summed E-state index contributed by atoms with van der Waals surface area (Å²) < 4.78 is 38.5. The van der Waals surface area contributed by atoms with Crippen molar-refractivity contribution < 1.29 is 18.0 Å². The van der Waals surface area contributed by atoms with Crippen molar-refractivity contribution in [2.24, 2.45) is 0 Å². The van der Waals surface area contributed by atoms with Gasteiger partial charge in [0.2, 0.25) is 5.91 Å². The topological polar surface area (TPSA) is 54.0 Å². The van der Waals surface area contributed by atoms with E-state index in [-0.39, 0.29) is 11.9 Å². The molecule has 0 radical (unpaired) electrons. The monoisotopic (exact) mass is 461 g/mol. The molecule has 0 aliphatic rings. The van der Waals surface area contributed by atoms with Gasteiger partial charge < -0.3 is 5.32 Å². The minimum atomic E-state index is -4.37. The molecule has 168 valence electrons. The molecule has 2 unspecified atom stereocenters. The Morgan fingerprint density at radius 2 is 1.69 bits per heavy atom. The Bertz CT molecular complexity index is 1030. The predicted octanol–water partition coefficient (Wildman–Crippen LogP) is 5.50. The van der Waals surface area contributed by atoms with E-state index in [1.54, 1.807) is 19.2 Å². The Morgan fingerprint density at radius 3 is 2.28 bits per heavy atom. The number of nitrogens with zero attached hydrogens (tertiary/aromatic N) is 1. The molecule has 0 spiro atoms. The van der Waals surface area contributed by atoms with Crippen LogP contribution in [0.2, 0.25) is 5.15 Å². The number of carbonyl (C=O) groups is 1. The number of aromatic nitrogens is 1. The molecule has 2 N–H and O–H groups in total. The van der Waals surface area contributed by atoms with Crippen molar-refractivity contribution in [2.75, 3.05) is 7.05 Å². The van der Waals surface area contributed by atoms with E-state index in [0.29, 0.717) is 23.7 Å². The summed E-state index contributed by atoms with van der Waals surface area (Å²) in [5.74, 6) is -0.210. The molecule has 0 aliphatic heterocycles. The second kappa shape index (κ2) is 10.6. The van der Waals surface area contributed by atoms with Crippen LogP contribution in [-0.2, 0) is 17.4 Å². The number of likely N-dealkylation sites (N-methyl/N-ethyl adjacent to an activating group) is 1. The van der Waals surface area contributed by atoms with Crippen LogP contribution >= 0.6 is 11.6 Å². The lowest BCUT2D eigenvalue weighted by atomic mass is 9.98. The van der Waals surface area contributed by atoms with E-state index in [9.17, 15) is 18.0 Å². The largest absolute Gasteiger partial charge is 0.416 e. The number of rotatable bonds is 8. The lowest BCUT2D eigenvalue weighted by molar-refractivity contribution is -0.137. The Hall–Kier alpha value is -2.90. The maximum Gasteiger partial charge on any atom is 0.416 e. The number of hydrogen-bond acceptors (Lipinski definition) is 3. The molecule has 0 fully saturated rings. The summed E-state index contributed by atoms with van der Waals surface area (Å²) in [4.78, 5) is 17.0. The molecule has 8 heteroatoms. The van der Waals surface area contributed by atoms with Crippen LogP contribution in [0.25, 0.3) is 0 Å². The van der Waals surface area contributed by atoms with Crippen LogP contribution in [-0.4, -0.2) is 17.9 Å². The summed E-state index contributed by atoms with van der Waals surface area (Å²) in [6.45, 7) is 0. The molecule has 4 nitrogen and oxygen atoms in total. The van der Waals surface area contributed by atoms with Gasteiger partial charge in [-0.2, -0.15) is 13.2 Å². The van der Waals surface area contributed by atoms with Crippen LogP contribution in [0.3, 0.4) is 0 Å². The van der Waals surface area contributed by atoms with Crippen molar-refractivity contribution in [2.45, 2.75) is 31.1 Å². The van der Waals surface area contributed by atoms with Crippen LogP contribution in [0.5, 0.6) is 0 Å². The number of nitrogens with one attached hydrogen (secondary N) is 2. The van der Waals surface area contributed by atoms with Crippen molar-refractivity contribution in [3.8, 4) is 0 Å². The van der Waals surface area contributed by atoms with E-state index in [1.165, 1.54) is 12.1 Å². The molecule has 1 amide bonds. The fourth-order valence-corrected chi connectivity index (χ4v) is 3.59. The molecule has 0 bridgehead atoms. The van der Waals surface area contributed by atoms with Gasteiger partial charge in [-0.15, -0.1) is 0 Å². The van der Waals surface area contributed by atoms with E-state index in [0.717, 1.165) is 23.3 Å². The summed E-state index contributed by atoms with van der Waals surface area (Å²) in [5, 5.41) is 6.35. The summed E-state index contributed by atoms with van der Waals surface area (Å²) >= 11 is 6.08. The van der Waals surface area contributed by atoms with Gasteiger partial charge in [-0.25, -0.2) is 4.98 Å². The zero-order valence-corrected chi connectivity index (χ0v) is 18.1. The molecule has 2 aromatic carbocycles. The third-order valence-corrected chi connectivity index (χ3v) is 5.32. The van der Waals surface area contributed by atoms with E-state index in [2.05, 4.69) is 15.6 Å². The Kier molecular flexibility index (Phi) is 7.88. The van der Waals surface area contributed by atoms with Crippen LogP contribution in [0.1, 0.15) is 40.9 Å². The molecular weight excluding hydrogens is 439 g/mol. The standard InChI is InChI=1S/C24H23ClF3N3O/c1-29-23(32)22(17-6-3-2-4-7-17)31-20(19-8-5-9-21(25)30-19)15-12-16-10-13-18(14-11-16)24(26,27)28/h2-11,13-14,20,22,31H,12,15H2,1H3,(H,29,32). The van der Waals surface area contributed by atoms with E-state index in [1.807, 2.05) is 36.4 Å². The van der Waals surface area contributed by atoms with E-state index < -0.39 is 17.8 Å². The number of halogens is 4. The number of amides is 1. The van der Waals surface area contributed by atoms with Crippen molar-refractivity contribution in [3.63, 3.8) is 0 Å². The number of alkyl halides is 3. The fourth-order valence-electron chi connectivity index (χ4n) is 3.42. The molecular formula is C24H23ClF3N3O. The number of carbonyl (C=O) groups excluding carboxylic acids is 1. The van der Waals surface area contributed by atoms with Gasteiger partial charge in [-0.1, -0.05) is 60.1 Å². The molecule has 0 saturated heterocycles. The van der Waals surface area contributed by atoms with Crippen LogP contribution in [0.4, 0.5) is 13.2 Å². The highest BCUT2D eigenvalue weighted by Crippen LogP contribution is 2.30. The summed E-state index contributed by atoms with van der Waals surface area (Å²) in [6.07, 6.45) is -3.39. The first-order valence-corrected chi connectivity index (χ1v) is 10.5. The molecule has 0 aliphatic carbocycles. The lowest BCUT2D eigenvalue weighted by Crippen LogP contribution is -2.38. The molecule has 0 saturated carbocycles. The van der Waals surface area contributed by atoms with Crippen LogP contribution < -0.4 is 10.6 Å². The quantitative estimate of drug-likeness (QED) is 0.435. The van der Waals surface area contributed by atoms with Crippen LogP contribution in [0.15, 0.2) is 72.8 Å². The molecule has 32 heavy (non-hydrogen) atoms. The van der Waals surface area contributed by atoms with Crippen LogP contribution in [0, 0.1) is 0 Å². The SMILES string of the molecule is CNC(=O)C(NC(CCc1ccc(C(F)(F)F)cc1)c1cccc(Cl)n1)c1ccccc1. The maximum atomic E-state index is 12.8. The van der Waals surface area contributed by atoms with Gasteiger partial charge in [-0.05, 0) is 48.2 Å². The summed E-state index contributed by atoms with van der Waals surface area (Å²) in [5.41, 5.74) is 1.50. The number of hydrogen-bond donors (Lipinski definition) is 2. The second-order valence-electron chi connectivity index (χ2n) is 7.30. The minimum absolute atomic E-state index is 0.210. The van der Waals surface area contributed by atoms with E-state index >= 15 is 0 Å². The Morgan fingerprint density at radius 1 is 1.00 bits per heavy atom. The third kappa shape index (κ3) is 6.31. The Balaban J connectivity index is 1.84. The average Bonchev–Trinajstić information content (AvgIpc) is 2.79. The molecule has 1 aromatic heterocycles. The molecule has 3 aromatic rings. The number of aryl methyl sites for hydroxylation is 1. The zero-order valence-electron chi connectivity index (χ0n) is 17.4. The van der Waals surface area contributed by atoms with E-state index in [4.69, 9.17) is 11.6 Å². The summed E-state index contributed by atoms with van der Waals surface area (Å²) in [7, 11) is 1.56. The highest BCUT2D eigenvalue weighted by molar-refractivity contribution is 6.29. The van der Waals surface area contributed by atoms with Crippen molar-refractivity contribution in [3.05, 3.63) is 100 Å². The van der Waals surface area contributed by atoms with Crippen molar-refractivity contribution >= 4 is 17.5 Å². The predicted molar refractivity (Wildman–Crippen MR) is 118 cm³/mol. The Labute approximate surface area is 189 Å². The molecule has 3 rings (SSSR count). The van der Waals surface area contributed by atoms with Gasteiger partial charge in [0.1, 0.15) is 11.2 Å². The normalized spacial score (nSPS) is 13.4. The zero-order chi connectivity index (χ0) is 23.1. The molecule has 2 atom stereocenters. The van der Waals surface area contributed by atoms with Gasteiger partial charge in [-0.3, -0.25) is 10.1 Å². The number of pyridine rings is 1. The molecule has 1 heterocycles. The van der Waals surface area contributed by atoms with Gasteiger partial charge in [0.15, 0.2) is 0 Å². The van der Waals surface area contributed by atoms with Gasteiger partial charge >= 0.3 is 6.18 Å². The van der Waals surface area contributed by atoms with Gasteiger partial charge in [0.25, 0.3) is 0 Å². The smallest absolute Gasteiger partial charge is 0.358 e. The average molecular weight is 462 g/mol. The first-order valence-electron chi connectivity index (χ1n) is 10.1. The number of benzene rings is 2. The highest BCUT2D eigenvalue weighted by atomic mass is 35.5. The van der Waals surface area contributed by atoms with Crippen molar-refractivity contribution in [1.82, 2.24) is 15.6 Å². The first-order chi connectivity index (χ1) is 15.3. The first kappa shape index (κ1) is 23.8. The second-order valence-corrected chi connectivity index (χ2v) is 7.68. The third-order valence-electron chi connectivity index (χ3n) is 5.11. The van der Waals surface area contributed by atoms with Gasteiger partial charge in [0, 0.05) is 7.05 Å². The lowest BCUT2D eigenvalue weighted by Gasteiger charge is -2.25.